The molecule has 0 bridgehead atoms. The number of hydrogen-bond acceptors (Lipinski definition) is 6. The highest BCUT2D eigenvalue weighted by molar-refractivity contribution is 6.03. The highest BCUT2D eigenvalue weighted by Gasteiger charge is 2.34. The van der Waals surface area contributed by atoms with Crippen molar-refractivity contribution in [2.75, 3.05) is 47.6 Å². The van der Waals surface area contributed by atoms with Crippen LogP contribution >= 0.6 is 0 Å². The van der Waals surface area contributed by atoms with Crippen molar-refractivity contribution in [1.82, 2.24) is 9.91 Å². The lowest BCUT2D eigenvalue weighted by Gasteiger charge is -2.27. The number of rotatable bonds is 10. The van der Waals surface area contributed by atoms with Crippen LogP contribution < -0.4 is 4.74 Å². The molecular formula is C25H31N3O5. The number of methoxy groups -OCH3 is 3. The number of carbonyl (C=O) groups is 2. The first-order valence-corrected chi connectivity index (χ1v) is 10.8. The Morgan fingerprint density at radius 2 is 1.73 bits per heavy atom. The molecule has 8 nitrogen and oxygen atoms in total. The van der Waals surface area contributed by atoms with Gasteiger partial charge < -0.3 is 19.1 Å². The number of aryl methyl sites for hydroxylation is 1. The van der Waals surface area contributed by atoms with Crippen LogP contribution in [-0.4, -0.2) is 75.1 Å². The van der Waals surface area contributed by atoms with E-state index < -0.39 is 0 Å². The second-order valence-electron chi connectivity index (χ2n) is 7.89. The van der Waals surface area contributed by atoms with Gasteiger partial charge in [0.15, 0.2) is 0 Å². The fourth-order valence-corrected chi connectivity index (χ4v) is 3.69. The molecule has 0 N–H and O–H groups in total. The van der Waals surface area contributed by atoms with Gasteiger partial charge in [0.1, 0.15) is 18.9 Å². The molecule has 33 heavy (non-hydrogen) atoms. The van der Waals surface area contributed by atoms with E-state index in [1.54, 1.807) is 14.2 Å². The quantitative estimate of drug-likeness (QED) is 0.553. The van der Waals surface area contributed by atoms with Gasteiger partial charge in [-0.05, 0) is 42.3 Å². The minimum Gasteiger partial charge on any atom is -0.497 e. The molecule has 1 atom stereocenters. The summed E-state index contributed by atoms with van der Waals surface area (Å²) < 4.78 is 15.3. The second-order valence-corrected chi connectivity index (χ2v) is 7.89. The third-order valence-electron chi connectivity index (χ3n) is 5.56. The number of carbonyl (C=O) groups excluding carboxylic acids is 2. The molecule has 2 amide bonds. The molecule has 0 saturated carbocycles. The molecule has 2 aromatic rings. The van der Waals surface area contributed by atoms with E-state index in [-0.39, 0.29) is 31.0 Å². The summed E-state index contributed by atoms with van der Waals surface area (Å²) in [5.41, 5.74) is 3.87. The van der Waals surface area contributed by atoms with E-state index in [1.807, 2.05) is 55.5 Å². The van der Waals surface area contributed by atoms with Crippen molar-refractivity contribution >= 4 is 17.5 Å². The third-order valence-corrected chi connectivity index (χ3v) is 5.56. The molecule has 8 heteroatoms. The van der Waals surface area contributed by atoms with Gasteiger partial charge in [0.05, 0.1) is 25.5 Å². The molecule has 2 aromatic carbocycles. The minimum absolute atomic E-state index is 0.0985. The number of amides is 2. The molecule has 0 spiro atoms. The van der Waals surface area contributed by atoms with Crippen LogP contribution in [0.5, 0.6) is 5.75 Å². The molecule has 3 rings (SSSR count). The Balaban J connectivity index is 1.88. The van der Waals surface area contributed by atoms with Gasteiger partial charge in [-0.15, -0.1) is 0 Å². The van der Waals surface area contributed by atoms with Crippen LogP contribution in [-0.2, 0) is 19.1 Å². The summed E-state index contributed by atoms with van der Waals surface area (Å²) in [6, 6.07) is 15.5. The Bertz CT molecular complexity index is 973. The van der Waals surface area contributed by atoms with E-state index in [1.165, 1.54) is 17.0 Å². The molecular weight excluding hydrogens is 422 g/mol. The molecule has 1 aliphatic heterocycles. The van der Waals surface area contributed by atoms with Crippen LogP contribution in [0.2, 0.25) is 0 Å². The standard InChI is InChI=1S/C25H31N3O5/c1-18-5-7-20(8-6-18)23-15-22(19-9-11-21(33-4)12-10-19)26-28(23)24(29)16-27(13-14-31-2)25(30)17-32-3/h5-12,23H,13-17H2,1-4H3/t23-/m1/s1. The first-order valence-electron chi connectivity index (χ1n) is 10.8. The van der Waals surface area contributed by atoms with Gasteiger partial charge in [0.25, 0.3) is 5.91 Å². The number of hydrazone groups is 1. The summed E-state index contributed by atoms with van der Waals surface area (Å²) in [7, 11) is 4.63. The molecule has 1 heterocycles. The summed E-state index contributed by atoms with van der Waals surface area (Å²) >= 11 is 0. The Hall–Kier alpha value is -3.23. The number of hydrogen-bond donors (Lipinski definition) is 0. The lowest BCUT2D eigenvalue weighted by molar-refractivity contribution is -0.144. The smallest absolute Gasteiger partial charge is 0.262 e. The maximum absolute atomic E-state index is 13.4. The average molecular weight is 454 g/mol. The highest BCUT2D eigenvalue weighted by Crippen LogP contribution is 2.33. The van der Waals surface area contributed by atoms with Crippen molar-refractivity contribution in [2.24, 2.45) is 5.10 Å². The van der Waals surface area contributed by atoms with Gasteiger partial charge in [0, 0.05) is 27.2 Å². The van der Waals surface area contributed by atoms with Crippen molar-refractivity contribution in [3.8, 4) is 5.75 Å². The SMILES string of the molecule is COCCN(CC(=O)N1N=C(c2ccc(OC)cc2)C[C@@H]1c1ccc(C)cc1)C(=O)COC. The Kier molecular flexibility index (Phi) is 8.57. The largest absolute Gasteiger partial charge is 0.497 e. The van der Waals surface area contributed by atoms with Crippen LogP contribution in [0.1, 0.15) is 29.2 Å². The maximum Gasteiger partial charge on any atom is 0.262 e. The predicted molar refractivity (Wildman–Crippen MR) is 125 cm³/mol. The van der Waals surface area contributed by atoms with Crippen LogP contribution in [0.15, 0.2) is 53.6 Å². The summed E-state index contributed by atoms with van der Waals surface area (Å²) in [6.45, 7) is 2.44. The monoisotopic (exact) mass is 453 g/mol. The highest BCUT2D eigenvalue weighted by atomic mass is 16.5. The van der Waals surface area contributed by atoms with Crippen molar-refractivity contribution in [3.63, 3.8) is 0 Å². The van der Waals surface area contributed by atoms with E-state index in [0.29, 0.717) is 19.6 Å². The van der Waals surface area contributed by atoms with E-state index in [2.05, 4.69) is 0 Å². The van der Waals surface area contributed by atoms with Crippen LogP contribution in [0.25, 0.3) is 0 Å². The van der Waals surface area contributed by atoms with E-state index in [4.69, 9.17) is 19.3 Å². The molecule has 0 radical (unpaired) electrons. The van der Waals surface area contributed by atoms with Gasteiger partial charge in [-0.3, -0.25) is 9.59 Å². The first-order chi connectivity index (χ1) is 16.0. The van der Waals surface area contributed by atoms with Gasteiger partial charge in [0.2, 0.25) is 5.91 Å². The number of nitrogens with zero attached hydrogens (tertiary/aromatic N) is 3. The number of ether oxygens (including phenoxy) is 3. The topological polar surface area (TPSA) is 80.7 Å². The van der Waals surface area contributed by atoms with Crippen molar-refractivity contribution in [3.05, 3.63) is 65.2 Å². The van der Waals surface area contributed by atoms with Gasteiger partial charge in [-0.2, -0.15) is 5.10 Å². The molecule has 0 unspecified atom stereocenters. The fraction of sp³-hybridized carbons (Fsp3) is 0.400. The number of benzene rings is 2. The van der Waals surface area contributed by atoms with E-state index in [0.717, 1.165) is 28.2 Å². The Morgan fingerprint density at radius 1 is 1.03 bits per heavy atom. The summed E-state index contributed by atoms with van der Waals surface area (Å²) in [5, 5.41) is 6.20. The maximum atomic E-state index is 13.4. The molecule has 0 aliphatic carbocycles. The lowest BCUT2D eigenvalue weighted by atomic mass is 9.97. The fourth-order valence-electron chi connectivity index (χ4n) is 3.69. The van der Waals surface area contributed by atoms with Crippen LogP contribution in [0.4, 0.5) is 0 Å². The van der Waals surface area contributed by atoms with Gasteiger partial charge >= 0.3 is 0 Å². The van der Waals surface area contributed by atoms with Crippen LogP contribution in [0, 0.1) is 6.92 Å². The first kappa shape index (κ1) is 24.4. The summed E-state index contributed by atoms with van der Waals surface area (Å²) in [4.78, 5) is 27.3. The Morgan fingerprint density at radius 3 is 2.33 bits per heavy atom. The molecule has 176 valence electrons. The zero-order chi connectivity index (χ0) is 23.8. The minimum atomic E-state index is -0.270. The third kappa shape index (κ3) is 6.18. The molecule has 0 aromatic heterocycles. The van der Waals surface area contributed by atoms with Crippen molar-refractivity contribution < 1.29 is 23.8 Å². The van der Waals surface area contributed by atoms with Gasteiger partial charge in [-0.25, -0.2) is 5.01 Å². The zero-order valence-corrected chi connectivity index (χ0v) is 19.6. The Labute approximate surface area is 194 Å². The van der Waals surface area contributed by atoms with Gasteiger partial charge in [-0.1, -0.05) is 29.8 Å². The summed E-state index contributed by atoms with van der Waals surface area (Å²) in [5.74, 6) is 0.226. The predicted octanol–water partition coefficient (Wildman–Crippen LogP) is 2.80. The molecule has 1 aliphatic rings. The van der Waals surface area contributed by atoms with Crippen molar-refractivity contribution in [1.29, 1.82) is 0 Å². The van der Waals surface area contributed by atoms with Crippen molar-refractivity contribution in [2.45, 2.75) is 19.4 Å². The average Bonchev–Trinajstić information content (AvgIpc) is 3.28. The molecule has 0 saturated heterocycles. The van der Waals surface area contributed by atoms with E-state index >= 15 is 0 Å². The second kappa shape index (κ2) is 11.6. The lowest BCUT2D eigenvalue weighted by Crippen LogP contribution is -2.44. The normalized spacial score (nSPS) is 15.3. The zero-order valence-electron chi connectivity index (χ0n) is 19.6. The summed E-state index contributed by atoms with van der Waals surface area (Å²) in [6.07, 6.45) is 0.575. The van der Waals surface area contributed by atoms with E-state index in [9.17, 15) is 9.59 Å². The van der Waals surface area contributed by atoms with Crippen LogP contribution in [0.3, 0.4) is 0 Å². The molecule has 0 fully saturated rings.